The molecule has 0 fully saturated rings. The fourth-order valence-electron chi connectivity index (χ4n) is 7.60. The highest BCUT2D eigenvalue weighted by Gasteiger charge is 2.16. The smallest absolute Gasteiger partial charge is 0.305 e. The largest absolute Gasteiger partial charge is 0.463 e. The lowest BCUT2D eigenvalue weighted by Gasteiger charge is -2.18. The molecular weight excluding hydrogens is 681 g/mol. The van der Waals surface area contributed by atoms with Crippen molar-refractivity contribution in [3.63, 3.8) is 0 Å². The minimum Gasteiger partial charge on any atom is -0.463 e. The normalized spacial score (nSPS) is 12.0. The number of esters is 2. The molecule has 1 atom stereocenters. The van der Waals surface area contributed by atoms with Crippen molar-refractivity contribution in [2.45, 2.75) is 290 Å². The van der Waals surface area contributed by atoms with Gasteiger partial charge in [-0.3, -0.25) is 9.59 Å². The van der Waals surface area contributed by atoms with Gasteiger partial charge in [-0.05, 0) is 19.3 Å². The number of unbranched alkanes of at least 4 members (excludes halogenated alkanes) is 36. The third-order valence-corrected chi connectivity index (χ3v) is 11.4. The Morgan fingerprint density at radius 2 is 0.527 bits per heavy atom. The van der Waals surface area contributed by atoms with Gasteiger partial charge in [-0.25, -0.2) is 0 Å². The summed E-state index contributed by atoms with van der Waals surface area (Å²) in [4.78, 5) is 25.1. The van der Waals surface area contributed by atoms with Gasteiger partial charge in [0.15, 0.2) is 0 Å². The predicted octanol–water partition coefficient (Wildman–Crippen LogP) is 16.5. The third kappa shape index (κ3) is 45.5. The number of carbonyl (C=O) groups excluding carboxylic acids is 2. The second-order valence-corrected chi connectivity index (χ2v) is 17.1. The van der Waals surface area contributed by atoms with E-state index in [1.54, 1.807) is 0 Å². The van der Waals surface area contributed by atoms with Gasteiger partial charge in [-0.1, -0.05) is 252 Å². The van der Waals surface area contributed by atoms with Crippen LogP contribution in [0.25, 0.3) is 0 Å². The second-order valence-electron chi connectivity index (χ2n) is 17.1. The Bertz CT molecular complexity index is 754. The molecule has 0 spiro atoms. The standard InChI is InChI=1S/C50H98O5/c1-4-7-10-13-16-19-22-24-25-26-27-30-33-36-39-42-45-53-48(46-54-49(51)43-40-37-34-31-28-21-18-15-12-9-6-3)47-55-50(52)44-41-38-35-32-29-23-20-17-14-11-8-5-2/h48H,4-47H2,1-3H3/t48-/m0/s1. The van der Waals surface area contributed by atoms with Crippen molar-refractivity contribution in [3.05, 3.63) is 0 Å². The molecule has 0 aliphatic carbocycles. The first-order valence-corrected chi connectivity index (χ1v) is 25.1. The molecule has 0 rings (SSSR count). The van der Waals surface area contributed by atoms with Crippen LogP contribution in [0.15, 0.2) is 0 Å². The van der Waals surface area contributed by atoms with Crippen molar-refractivity contribution in [1.82, 2.24) is 0 Å². The number of hydrogen-bond acceptors (Lipinski definition) is 5. The molecule has 0 N–H and O–H groups in total. The Hall–Kier alpha value is -1.10. The summed E-state index contributed by atoms with van der Waals surface area (Å²) in [5, 5.41) is 0. The molecule has 0 saturated heterocycles. The van der Waals surface area contributed by atoms with Crippen LogP contribution in [0.4, 0.5) is 0 Å². The molecule has 5 nitrogen and oxygen atoms in total. The van der Waals surface area contributed by atoms with Crippen molar-refractivity contribution >= 4 is 11.9 Å². The number of rotatable bonds is 47. The van der Waals surface area contributed by atoms with Crippen LogP contribution in [0.2, 0.25) is 0 Å². The Morgan fingerprint density at radius 3 is 0.782 bits per heavy atom. The van der Waals surface area contributed by atoms with E-state index < -0.39 is 0 Å². The molecule has 0 aromatic heterocycles. The van der Waals surface area contributed by atoms with Crippen molar-refractivity contribution < 1.29 is 23.8 Å². The molecule has 328 valence electrons. The second kappa shape index (κ2) is 47.3. The highest BCUT2D eigenvalue weighted by Crippen LogP contribution is 2.16. The van der Waals surface area contributed by atoms with Crippen LogP contribution in [0.5, 0.6) is 0 Å². The summed E-state index contributed by atoms with van der Waals surface area (Å²) in [6, 6.07) is 0. The predicted molar refractivity (Wildman–Crippen MR) is 238 cm³/mol. The Kier molecular flexibility index (Phi) is 46.3. The lowest BCUT2D eigenvalue weighted by molar-refractivity contribution is -0.155. The number of ether oxygens (including phenoxy) is 3. The average molecular weight is 779 g/mol. The van der Waals surface area contributed by atoms with E-state index in [2.05, 4.69) is 20.8 Å². The van der Waals surface area contributed by atoms with E-state index in [1.165, 1.54) is 212 Å². The Labute approximate surface area is 344 Å². The van der Waals surface area contributed by atoms with Gasteiger partial charge in [0.05, 0.1) is 0 Å². The molecule has 0 bridgehead atoms. The molecule has 0 aromatic carbocycles. The zero-order valence-corrected chi connectivity index (χ0v) is 37.7. The van der Waals surface area contributed by atoms with Crippen LogP contribution < -0.4 is 0 Å². The van der Waals surface area contributed by atoms with Gasteiger partial charge in [0.1, 0.15) is 19.3 Å². The lowest BCUT2D eigenvalue weighted by atomic mass is 10.0. The van der Waals surface area contributed by atoms with E-state index in [1.807, 2.05) is 0 Å². The monoisotopic (exact) mass is 779 g/mol. The van der Waals surface area contributed by atoms with E-state index in [0.29, 0.717) is 19.4 Å². The van der Waals surface area contributed by atoms with Crippen LogP contribution in [0, 0.1) is 0 Å². The van der Waals surface area contributed by atoms with E-state index in [-0.39, 0.29) is 31.3 Å². The van der Waals surface area contributed by atoms with Crippen molar-refractivity contribution in [2.75, 3.05) is 19.8 Å². The first-order chi connectivity index (χ1) is 27.1. The maximum Gasteiger partial charge on any atom is 0.305 e. The minimum atomic E-state index is -0.386. The van der Waals surface area contributed by atoms with Crippen molar-refractivity contribution in [3.8, 4) is 0 Å². The molecule has 0 aliphatic heterocycles. The van der Waals surface area contributed by atoms with Crippen LogP contribution in [0.1, 0.15) is 284 Å². The quantitative estimate of drug-likeness (QED) is 0.0455. The summed E-state index contributed by atoms with van der Waals surface area (Å²) in [5.41, 5.74) is 0. The zero-order valence-electron chi connectivity index (χ0n) is 37.7. The summed E-state index contributed by atoms with van der Waals surface area (Å²) < 4.78 is 17.4. The fraction of sp³-hybridized carbons (Fsp3) is 0.960. The van der Waals surface area contributed by atoms with E-state index in [0.717, 1.165) is 38.5 Å². The SMILES string of the molecule is CCCCCCCCCCCCCCCCCCO[C@@H](COC(=O)CCCCCCCCCCCCC)COC(=O)CCCCCCCCCCCCCC. The molecule has 0 aliphatic rings. The maximum atomic E-state index is 12.5. The molecular formula is C50H98O5. The fourth-order valence-corrected chi connectivity index (χ4v) is 7.60. The van der Waals surface area contributed by atoms with Crippen LogP contribution in [-0.2, 0) is 23.8 Å². The molecule has 55 heavy (non-hydrogen) atoms. The lowest BCUT2D eigenvalue weighted by Crippen LogP contribution is -2.29. The highest BCUT2D eigenvalue weighted by molar-refractivity contribution is 5.69. The Balaban J connectivity index is 4.17. The van der Waals surface area contributed by atoms with E-state index >= 15 is 0 Å². The topological polar surface area (TPSA) is 61.8 Å². The van der Waals surface area contributed by atoms with Gasteiger partial charge in [-0.15, -0.1) is 0 Å². The summed E-state index contributed by atoms with van der Waals surface area (Å²) in [7, 11) is 0. The molecule has 5 heteroatoms. The van der Waals surface area contributed by atoms with Gasteiger partial charge in [0.25, 0.3) is 0 Å². The molecule has 0 amide bonds. The molecule has 0 saturated carbocycles. The first-order valence-electron chi connectivity index (χ1n) is 25.1. The first kappa shape index (κ1) is 53.9. The summed E-state index contributed by atoms with van der Waals surface area (Å²) in [5.74, 6) is -0.315. The van der Waals surface area contributed by atoms with E-state index in [4.69, 9.17) is 14.2 Å². The third-order valence-electron chi connectivity index (χ3n) is 11.4. The average Bonchev–Trinajstić information content (AvgIpc) is 3.19. The van der Waals surface area contributed by atoms with Gasteiger partial charge in [0, 0.05) is 19.4 Å². The van der Waals surface area contributed by atoms with Gasteiger partial charge < -0.3 is 14.2 Å². The number of hydrogen-bond donors (Lipinski definition) is 0. The van der Waals surface area contributed by atoms with Crippen LogP contribution in [-0.4, -0.2) is 37.9 Å². The van der Waals surface area contributed by atoms with Gasteiger partial charge >= 0.3 is 11.9 Å². The summed E-state index contributed by atoms with van der Waals surface area (Å²) in [6.45, 7) is 7.78. The molecule has 0 unspecified atom stereocenters. The maximum absolute atomic E-state index is 12.5. The number of carbonyl (C=O) groups is 2. The summed E-state index contributed by atoms with van der Waals surface area (Å²) >= 11 is 0. The molecule has 0 aromatic rings. The Morgan fingerprint density at radius 1 is 0.309 bits per heavy atom. The van der Waals surface area contributed by atoms with Gasteiger partial charge in [-0.2, -0.15) is 0 Å². The minimum absolute atomic E-state index is 0.157. The van der Waals surface area contributed by atoms with Crippen LogP contribution in [0.3, 0.4) is 0 Å². The van der Waals surface area contributed by atoms with Crippen LogP contribution >= 0.6 is 0 Å². The van der Waals surface area contributed by atoms with E-state index in [9.17, 15) is 9.59 Å². The zero-order chi connectivity index (χ0) is 40.0. The van der Waals surface area contributed by atoms with Crippen molar-refractivity contribution in [2.24, 2.45) is 0 Å². The van der Waals surface area contributed by atoms with Gasteiger partial charge in [0.2, 0.25) is 0 Å². The van der Waals surface area contributed by atoms with Crippen molar-refractivity contribution in [1.29, 1.82) is 0 Å². The molecule has 0 radical (unpaired) electrons. The molecule has 0 heterocycles. The summed E-state index contributed by atoms with van der Waals surface area (Å²) in [6.07, 6.45) is 51.2. The highest BCUT2D eigenvalue weighted by atomic mass is 16.6.